The Morgan fingerprint density at radius 1 is 0.926 bits per heavy atom. The van der Waals surface area contributed by atoms with Crippen LogP contribution in [0.5, 0.6) is 0 Å². The van der Waals surface area contributed by atoms with Gasteiger partial charge in [0.25, 0.3) is 0 Å². The van der Waals surface area contributed by atoms with Crippen molar-refractivity contribution in [1.82, 2.24) is 10.6 Å². The summed E-state index contributed by atoms with van der Waals surface area (Å²) in [5.41, 5.74) is -0.111. The van der Waals surface area contributed by atoms with Crippen LogP contribution in [0.3, 0.4) is 0 Å². The van der Waals surface area contributed by atoms with Crippen molar-refractivity contribution >= 4 is 11.8 Å². The largest absolute Gasteiger partial charge is 0.416 e. The third-order valence-electron chi connectivity index (χ3n) is 3.65. The zero-order chi connectivity index (χ0) is 20.0. The van der Waals surface area contributed by atoms with E-state index in [0.29, 0.717) is 5.56 Å². The van der Waals surface area contributed by atoms with E-state index >= 15 is 0 Å². The first-order valence-corrected chi connectivity index (χ1v) is 7.82. The smallest absolute Gasteiger partial charge is 0.387 e. The summed E-state index contributed by atoms with van der Waals surface area (Å²) >= 11 is 0. The molecule has 0 saturated carbocycles. The molecule has 1 atom stereocenters. The summed E-state index contributed by atoms with van der Waals surface area (Å²) in [6, 6.07) is 9.13. The van der Waals surface area contributed by atoms with E-state index in [1.54, 1.807) is 0 Å². The third kappa shape index (κ3) is 6.07. The molecule has 2 aromatic carbocycles. The number of aliphatic hydroxyl groups is 1. The predicted octanol–water partition coefficient (Wildman–Crippen LogP) is 2.31. The maximum atomic E-state index is 12.8. The highest BCUT2D eigenvalue weighted by Crippen LogP contribution is 2.29. The van der Waals surface area contributed by atoms with Gasteiger partial charge in [0.2, 0.25) is 0 Å². The number of hydrogen-bond acceptors (Lipinski definition) is 3. The van der Waals surface area contributed by atoms with Crippen LogP contribution in [0, 0.1) is 5.82 Å². The normalized spacial score (nSPS) is 12.3. The molecule has 0 saturated heterocycles. The van der Waals surface area contributed by atoms with Crippen molar-refractivity contribution < 1.29 is 32.3 Å². The van der Waals surface area contributed by atoms with Crippen LogP contribution >= 0.6 is 0 Å². The highest BCUT2D eigenvalue weighted by molar-refractivity contribution is 6.35. The molecule has 2 rings (SSSR count). The fourth-order valence-corrected chi connectivity index (χ4v) is 2.15. The minimum absolute atomic E-state index is 0.00793. The molecule has 0 aliphatic heterocycles. The van der Waals surface area contributed by atoms with Crippen LogP contribution in [0.4, 0.5) is 17.6 Å². The van der Waals surface area contributed by atoms with Crippen LogP contribution in [-0.2, 0) is 22.3 Å². The molecule has 0 fully saturated rings. The Morgan fingerprint density at radius 2 is 1.48 bits per heavy atom. The van der Waals surface area contributed by atoms with Crippen LogP contribution in [0.1, 0.15) is 22.8 Å². The van der Waals surface area contributed by atoms with Crippen LogP contribution in [0.15, 0.2) is 48.5 Å². The lowest BCUT2D eigenvalue weighted by atomic mass is 10.1. The number of hydrogen-bond donors (Lipinski definition) is 3. The Morgan fingerprint density at radius 3 is 2.04 bits per heavy atom. The maximum absolute atomic E-state index is 12.8. The van der Waals surface area contributed by atoms with Crippen LogP contribution < -0.4 is 10.6 Å². The van der Waals surface area contributed by atoms with E-state index in [0.717, 1.165) is 24.3 Å². The minimum atomic E-state index is -4.49. The van der Waals surface area contributed by atoms with Crippen molar-refractivity contribution in [3.8, 4) is 0 Å². The topological polar surface area (TPSA) is 78.4 Å². The molecule has 144 valence electrons. The summed E-state index contributed by atoms with van der Waals surface area (Å²) in [6.07, 6.45) is -5.76. The number of halogens is 4. The first-order valence-electron chi connectivity index (χ1n) is 7.82. The molecule has 0 aliphatic carbocycles. The molecule has 1 unspecified atom stereocenters. The zero-order valence-electron chi connectivity index (χ0n) is 13.9. The highest BCUT2D eigenvalue weighted by atomic mass is 19.4. The minimum Gasteiger partial charge on any atom is -0.387 e. The quantitative estimate of drug-likeness (QED) is 0.547. The molecular formula is C18H16F4N2O3. The number of carbonyl (C=O) groups is 2. The van der Waals surface area contributed by atoms with E-state index in [2.05, 4.69) is 10.6 Å². The Kier molecular flexibility index (Phi) is 6.51. The Bertz CT molecular complexity index is 790. The maximum Gasteiger partial charge on any atom is 0.416 e. The number of amides is 2. The molecule has 27 heavy (non-hydrogen) atoms. The van der Waals surface area contributed by atoms with Gasteiger partial charge >= 0.3 is 18.0 Å². The summed E-state index contributed by atoms with van der Waals surface area (Å²) in [7, 11) is 0. The van der Waals surface area contributed by atoms with Gasteiger partial charge in [0.05, 0.1) is 11.7 Å². The molecule has 9 heteroatoms. The summed E-state index contributed by atoms with van der Waals surface area (Å²) in [4.78, 5) is 23.4. The number of nitrogens with one attached hydrogen (secondary N) is 2. The predicted molar refractivity (Wildman–Crippen MR) is 87.7 cm³/mol. The number of carbonyl (C=O) groups excluding carboxylic acids is 2. The van der Waals surface area contributed by atoms with Crippen LogP contribution in [0.2, 0.25) is 0 Å². The average Bonchev–Trinajstić information content (AvgIpc) is 2.64. The number of benzene rings is 2. The molecule has 0 heterocycles. The summed E-state index contributed by atoms with van der Waals surface area (Å²) in [5.74, 6) is -2.40. The van der Waals surface area contributed by atoms with Crippen LogP contribution in [0.25, 0.3) is 0 Å². The lowest BCUT2D eigenvalue weighted by Crippen LogP contribution is -2.41. The molecule has 2 aromatic rings. The van der Waals surface area contributed by atoms with Crippen molar-refractivity contribution in [3.63, 3.8) is 0 Å². The van der Waals surface area contributed by atoms with Crippen molar-refractivity contribution in [2.45, 2.75) is 18.8 Å². The molecule has 0 radical (unpaired) electrons. The van der Waals surface area contributed by atoms with Crippen LogP contribution in [-0.4, -0.2) is 23.5 Å². The zero-order valence-corrected chi connectivity index (χ0v) is 13.9. The Balaban J connectivity index is 1.81. The number of alkyl halides is 3. The molecule has 2 amide bonds. The van der Waals surface area contributed by atoms with Gasteiger partial charge in [0.1, 0.15) is 5.82 Å². The van der Waals surface area contributed by atoms with Gasteiger partial charge in [-0.05, 0) is 35.4 Å². The van der Waals surface area contributed by atoms with Crippen molar-refractivity contribution in [3.05, 3.63) is 71.0 Å². The first kappa shape index (κ1) is 20.4. The van der Waals surface area contributed by atoms with Gasteiger partial charge in [-0.15, -0.1) is 0 Å². The van der Waals surface area contributed by atoms with Gasteiger partial charge < -0.3 is 15.7 Å². The second-order valence-corrected chi connectivity index (χ2v) is 5.65. The second kappa shape index (κ2) is 8.63. The van der Waals surface area contributed by atoms with E-state index in [9.17, 15) is 32.3 Å². The second-order valence-electron chi connectivity index (χ2n) is 5.65. The standard InChI is InChI=1S/C18H16F4N2O3/c19-14-7-1-11(2-8-14)9-23-16(26)17(27)24-10-15(25)12-3-5-13(6-4-12)18(20,21)22/h1-8,15,25H,9-10H2,(H,23,26)(H,24,27). The number of aliphatic hydroxyl groups excluding tert-OH is 1. The lowest BCUT2D eigenvalue weighted by molar-refractivity contribution is -0.139. The average molecular weight is 384 g/mol. The van der Waals surface area contributed by atoms with Gasteiger partial charge in [-0.2, -0.15) is 13.2 Å². The SMILES string of the molecule is O=C(NCc1ccc(F)cc1)C(=O)NCC(O)c1ccc(C(F)(F)F)cc1. The summed E-state index contributed by atoms with van der Waals surface area (Å²) in [6.45, 7) is -0.345. The van der Waals surface area contributed by atoms with E-state index in [1.165, 1.54) is 24.3 Å². The molecule has 0 bridgehead atoms. The molecule has 0 aliphatic rings. The summed E-state index contributed by atoms with van der Waals surface area (Å²) in [5, 5.41) is 14.4. The summed E-state index contributed by atoms with van der Waals surface area (Å²) < 4.78 is 50.3. The fraction of sp³-hybridized carbons (Fsp3) is 0.222. The fourth-order valence-electron chi connectivity index (χ4n) is 2.15. The number of rotatable bonds is 5. The third-order valence-corrected chi connectivity index (χ3v) is 3.65. The molecule has 0 aromatic heterocycles. The van der Waals surface area contributed by atoms with Gasteiger partial charge in [0, 0.05) is 13.1 Å². The van der Waals surface area contributed by atoms with Crippen molar-refractivity contribution in [2.24, 2.45) is 0 Å². The Hall–Kier alpha value is -2.94. The van der Waals surface area contributed by atoms with E-state index < -0.39 is 35.5 Å². The van der Waals surface area contributed by atoms with E-state index in [-0.39, 0.29) is 18.7 Å². The van der Waals surface area contributed by atoms with E-state index in [1.807, 2.05) is 0 Å². The molecule has 3 N–H and O–H groups in total. The van der Waals surface area contributed by atoms with Crippen molar-refractivity contribution in [2.75, 3.05) is 6.54 Å². The Labute approximate surface area is 152 Å². The lowest BCUT2D eigenvalue weighted by Gasteiger charge is -2.13. The van der Waals surface area contributed by atoms with E-state index in [4.69, 9.17) is 0 Å². The van der Waals surface area contributed by atoms with Gasteiger partial charge in [0.15, 0.2) is 0 Å². The van der Waals surface area contributed by atoms with Crippen molar-refractivity contribution in [1.29, 1.82) is 0 Å². The molecule has 0 spiro atoms. The first-order chi connectivity index (χ1) is 12.7. The van der Waals surface area contributed by atoms with Gasteiger partial charge in [-0.1, -0.05) is 24.3 Å². The molecule has 5 nitrogen and oxygen atoms in total. The highest BCUT2D eigenvalue weighted by Gasteiger charge is 2.30. The molecular weight excluding hydrogens is 368 g/mol. The van der Waals surface area contributed by atoms with Gasteiger partial charge in [-0.25, -0.2) is 4.39 Å². The monoisotopic (exact) mass is 384 g/mol. The van der Waals surface area contributed by atoms with Gasteiger partial charge in [-0.3, -0.25) is 9.59 Å².